The van der Waals surface area contributed by atoms with E-state index in [1.807, 2.05) is 0 Å². The number of esters is 2. The molecule has 2 atom stereocenters. The fourth-order valence-corrected chi connectivity index (χ4v) is 4.80. The molecule has 2 fully saturated rings. The van der Waals surface area contributed by atoms with Crippen molar-refractivity contribution in [3.63, 3.8) is 0 Å². The Morgan fingerprint density at radius 3 is 2.20 bits per heavy atom. The predicted molar refractivity (Wildman–Crippen MR) is 117 cm³/mol. The summed E-state index contributed by atoms with van der Waals surface area (Å²) in [5.74, 6) is -2.87. The highest BCUT2D eigenvalue weighted by molar-refractivity contribution is 7.81. The second-order valence-corrected chi connectivity index (χ2v) is 9.07. The summed E-state index contributed by atoms with van der Waals surface area (Å²) in [5.41, 5.74) is 3.12. The molecule has 2 aliphatic rings. The van der Waals surface area contributed by atoms with Crippen LogP contribution in [-0.4, -0.2) is 80.7 Å². The van der Waals surface area contributed by atoms with Crippen LogP contribution in [0.25, 0.3) is 0 Å². The van der Waals surface area contributed by atoms with Crippen molar-refractivity contribution in [2.24, 2.45) is 5.73 Å². The summed E-state index contributed by atoms with van der Waals surface area (Å²) in [4.78, 5) is 51.3. The maximum atomic E-state index is 13.0. The first-order valence-electron chi connectivity index (χ1n) is 11.0. The number of nitrogens with zero attached hydrogens (tertiary/aromatic N) is 2. The number of ether oxygens (including phenoxy) is 2. The lowest BCUT2D eigenvalue weighted by atomic mass is 9.81. The standard InChI is InChI=1S/C21H27N3O10S/c1-3-31-18(26)21(19(27)32-4-2,14-8-6-5-7-9-14)13-33-35(29,30)34-24-15-10-11-16(17(22)25)23(12-15)20(24)28/h5-9,15-16H,3-4,10-13H2,1-2H3,(H2,22,25)/t15-,16+/m1/s1. The fourth-order valence-electron chi connectivity index (χ4n) is 4.06. The number of carbonyl (C=O) groups is 4. The van der Waals surface area contributed by atoms with Crippen molar-refractivity contribution in [2.75, 3.05) is 26.4 Å². The Morgan fingerprint density at radius 1 is 1.06 bits per heavy atom. The molecule has 0 radical (unpaired) electrons. The summed E-state index contributed by atoms with van der Waals surface area (Å²) in [5, 5.41) is 0.594. The van der Waals surface area contributed by atoms with E-state index < -0.39 is 58.4 Å². The number of benzene rings is 1. The van der Waals surface area contributed by atoms with Crippen LogP contribution < -0.4 is 5.73 Å². The molecule has 0 unspecified atom stereocenters. The Morgan fingerprint density at radius 2 is 1.66 bits per heavy atom. The van der Waals surface area contributed by atoms with Gasteiger partial charge in [0.15, 0.2) is 0 Å². The van der Waals surface area contributed by atoms with Gasteiger partial charge in [-0.1, -0.05) is 30.3 Å². The van der Waals surface area contributed by atoms with E-state index in [-0.39, 0.29) is 38.2 Å². The lowest BCUT2D eigenvalue weighted by Gasteiger charge is -2.29. The summed E-state index contributed by atoms with van der Waals surface area (Å²) in [6, 6.07) is 5.16. The summed E-state index contributed by atoms with van der Waals surface area (Å²) >= 11 is 0. The number of primary amides is 1. The van der Waals surface area contributed by atoms with E-state index in [9.17, 15) is 27.6 Å². The molecule has 1 aromatic rings. The van der Waals surface area contributed by atoms with E-state index in [0.29, 0.717) is 5.06 Å². The topological polar surface area (TPSA) is 172 Å². The minimum Gasteiger partial charge on any atom is -0.465 e. The summed E-state index contributed by atoms with van der Waals surface area (Å²) in [7, 11) is -4.97. The van der Waals surface area contributed by atoms with Crippen molar-refractivity contribution in [3.05, 3.63) is 35.9 Å². The molecular weight excluding hydrogens is 486 g/mol. The van der Waals surface area contributed by atoms with Gasteiger partial charge >= 0.3 is 28.4 Å². The molecule has 0 saturated carbocycles. The molecule has 1 aromatic carbocycles. The van der Waals surface area contributed by atoms with E-state index in [1.54, 1.807) is 18.2 Å². The Kier molecular flexibility index (Phi) is 7.97. The second-order valence-electron chi connectivity index (χ2n) is 7.87. The first-order valence-corrected chi connectivity index (χ1v) is 12.3. The van der Waals surface area contributed by atoms with E-state index in [4.69, 9.17) is 23.7 Å². The number of hydrogen-bond donors (Lipinski definition) is 1. The molecule has 192 valence electrons. The average molecular weight is 514 g/mol. The molecule has 13 nitrogen and oxygen atoms in total. The Bertz CT molecular complexity index is 1060. The monoisotopic (exact) mass is 513 g/mol. The molecule has 2 N–H and O–H groups in total. The normalized spacial score (nSPS) is 20.0. The minimum atomic E-state index is -4.97. The van der Waals surface area contributed by atoms with Crippen LogP contribution in [0.15, 0.2) is 30.3 Å². The third-order valence-corrected chi connectivity index (χ3v) is 6.51. The van der Waals surface area contributed by atoms with Crippen LogP contribution in [-0.2, 0) is 48.1 Å². The van der Waals surface area contributed by atoms with Gasteiger partial charge in [0.25, 0.3) is 0 Å². The van der Waals surface area contributed by atoms with Gasteiger partial charge < -0.3 is 20.1 Å². The average Bonchev–Trinajstić information content (AvgIpc) is 3.04. The van der Waals surface area contributed by atoms with Gasteiger partial charge in [-0.15, -0.1) is 4.28 Å². The molecule has 3 amide bonds. The van der Waals surface area contributed by atoms with Crippen molar-refractivity contribution in [1.29, 1.82) is 0 Å². The van der Waals surface area contributed by atoms with Crippen LogP contribution in [0.4, 0.5) is 4.79 Å². The number of fused-ring (bicyclic) bond motifs is 2. The van der Waals surface area contributed by atoms with Gasteiger partial charge in [0.05, 0.1) is 25.9 Å². The Labute approximate surface area is 202 Å². The van der Waals surface area contributed by atoms with E-state index >= 15 is 0 Å². The molecule has 2 bridgehead atoms. The fraction of sp³-hybridized carbons (Fsp3) is 0.524. The largest absolute Gasteiger partial charge is 0.465 e. The van der Waals surface area contributed by atoms with Crippen LogP contribution >= 0.6 is 0 Å². The van der Waals surface area contributed by atoms with Crippen molar-refractivity contribution >= 4 is 34.3 Å². The maximum absolute atomic E-state index is 13.0. The summed E-state index contributed by atoms with van der Waals surface area (Å²) in [6.07, 6.45) is 0.514. The van der Waals surface area contributed by atoms with Gasteiger partial charge in [-0.3, -0.25) is 14.4 Å². The number of hydrogen-bond acceptors (Lipinski definition) is 10. The Hall–Kier alpha value is -3.23. The van der Waals surface area contributed by atoms with Crippen LogP contribution in [0, 0.1) is 0 Å². The van der Waals surface area contributed by atoms with Crippen molar-refractivity contribution < 1.29 is 45.5 Å². The van der Waals surface area contributed by atoms with Gasteiger partial charge in [-0.2, -0.15) is 13.5 Å². The van der Waals surface area contributed by atoms with Gasteiger partial charge in [-0.25, -0.2) is 8.98 Å². The first-order chi connectivity index (χ1) is 16.6. The van der Waals surface area contributed by atoms with Crippen LogP contribution in [0.2, 0.25) is 0 Å². The second kappa shape index (κ2) is 10.6. The quantitative estimate of drug-likeness (QED) is 0.313. The zero-order chi connectivity index (χ0) is 25.8. The number of urea groups is 1. The van der Waals surface area contributed by atoms with E-state index in [1.165, 1.54) is 26.0 Å². The molecule has 2 aliphatic heterocycles. The van der Waals surface area contributed by atoms with Crippen molar-refractivity contribution in [1.82, 2.24) is 9.96 Å². The highest BCUT2D eigenvalue weighted by Gasteiger charge is 2.53. The van der Waals surface area contributed by atoms with Crippen molar-refractivity contribution in [2.45, 2.75) is 44.2 Å². The molecular formula is C21H27N3O10S. The molecule has 0 aromatic heterocycles. The smallest absolute Gasteiger partial charge is 0.421 e. The molecule has 2 heterocycles. The number of rotatable bonds is 11. The predicted octanol–water partition coefficient (Wildman–Crippen LogP) is -0.00250. The molecule has 0 spiro atoms. The van der Waals surface area contributed by atoms with Crippen LogP contribution in [0.1, 0.15) is 32.3 Å². The molecule has 0 aliphatic carbocycles. The van der Waals surface area contributed by atoms with Gasteiger partial charge in [-0.05, 0) is 32.3 Å². The summed E-state index contributed by atoms with van der Waals surface area (Å²) < 4.78 is 45.4. The lowest BCUT2D eigenvalue weighted by molar-refractivity contribution is -0.166. The lowest BCUT2D eigenvalue weighted by Crippen LogP contribution is -2.50. The number of amides is 3. The number of piperidine rings is 1. The number of hydroxylamine groups is 2. The molecule has 3 rings (SSSR count). The van der Waals surface area contributed by atoms with Gasteiger partial charge in [0.1, 0.15) is 6.04 Å². The van der Waals surface area contributed by atoms with E-state index in [2.05, 4.69) is 0 Å². The minimum absolute atomic E-state index is 0.0432. The number of nitrogens with two attached hydrogens (primary N) is 1. The highest BCUT2D eigenvalue weighted by atomic mass is 32.3. The van der Waals surface area contributed by atoms with Gasteiger partial charge in [0, 0.05) is 6.54 Å². The van der Waals surface area contributed by atoms with Crippen molar-refractivity contribution in [3.8, 4) is 0 Å². The zero-order valence-electron chi connectivity index (χ0n) is 19.2. The summed E-state index contributed by atoms with van der Waals surface area (Å²) in [6.45, 7) is 1.84. The van der Waals surface area contributed by atoms with Gasteiger partial charge in [0.2, 0.25) is 11.3 Å². The number of carbonyl (C=O) groups excluding carboxylic acids is 4. The van der Waals surface area contributed by atoms with E-state index in [0.717, 1.165) is 4.90 Å². The Balaban J connectivity index is 1.86. The van der Waals surface area contributed by atoms with Crippen LogP contribution in [0.5, 0.6) is 0 Å². The zero-order valence-corrected chi connectivity index (χ0v) is 20.1. The third kappa shape index (κ3) is 5.23. The van der Waals surface area contributed by atoms with Crippen LogP contribution in [0.3, 0.4) is 0 Å². The molecule has 14 heteroatoms. The SMILES string of the molecule is CCOC(=O)C(COS(=O)(=O)ON1C(=O)N2C[C@H]1CC[C@H]2C(N)=O)(C(=O)OCC)c1ccccc1. The molecule has 2 saturated heterocycles. The molecule has 35 heavy (non-hydrogen) atoms. The highest BCUT2D eigenvalue weighted by Crippen LogP contribution is 2.32. The maximum Gasteiger partial charge on any atom is 0.421 e. The third-order valence-electron chi connectivity index (χ3n) is 5.76. The first kappa shape index (κ1) is 26.4.